The minimum absolute atomic E-state index is 0.00199. The van der Waals surface area contributed by atoms with Crippen LogP contribution >= 0.6 is 0 Å². The first-order valence-electron chi connectivity index (χ1n) is 37.1. The zero-order chi connectivity index (χ0) is 85.8. The number of amides is 18. The van der Waals surface area contributed by atoms with Gasteiger partial charge in [0.2, 0.25) is 106 Å². The average Bonchev–Trinajstić information content (AvgIpc) is 1.72. The Balaban J connectivity index is 1.87. The van der Waals surface area contributed by atoms with Gasteiger partial charge in [-0.25, -0.2) is 4.79 Å². The zero-order valence-corrected chi connectivity index (χ0v) is 64.1. The lowest BCUT2D eigenvalue weighted by atomic mass is 9.95. The first-order chi connectivity index (χ1) is 54.4. The number of hydrogen-bond acceptors (Lipinski definition) is 24. The molecule has 1 saturated heterocycles. The number of fused-ring (bicyclic) bond motifs is 1. The lowest BCUT2D eigenvalue weighted by Gasteiger charge is -2.30. The summed E-state index contributed by atoms with van der Waals surface area (Å²) in [5.41, 5.74) is 40.2. The number of anilines is 1. The Labute approximate surface area is 659 Å². The summed E-state index contributed by atoms with van der Waals surface area (Å²) in [5, 5.41) is 40.2. The smallest absolute Gasteiger partial charge is 0.329 e. The van der Waals surface area contributed by atoms with Gasteiger partial charge in [-0.2, -0.15) is 0 Å². The number of ketones is 1. The van der Waals surface area contributed by atoms with Gasteiger partial charge in [0.25, 0.3) is 0 Å². The number of carbonyl (C=O) groups excluding carboxylic acids is 20. The number of ether oxygens (including phenoxy) is 1. The molecule has 43 heteroatoms. The fourth-order valence-corrected chi connectivity index (χ4v) is 11.9. The van der Waals surface area contributed by atoms with E-state index in [1.807, 2.05) is 0 Å². The van der Waals surface area contributed by atoms with Crippen LogP contribution < -0.4 is 109 Å². The van der Waals surface area contributed by atoms with Gasteiger partial charge < -0.3 is 124 Å². The van der Waals surface area contributed by atoms with Crippen LogP contribution in [0.15, 0.2) is 54.7 Å². The van der Waals surface area contributed by atoms with Gasteiger partial charge in [-0.1, -0.05) is 82.7 Å². The predicted molar refractivity (Wildman–Crippen MR) is 406 cm³/mol. The fourth-order valence-electron chi connectivity index (χ4n) is 11.9. The molecule has 0 aliphatic carbocycles. The molecule has 1 aliphatic heterocycles. The minimum Gasteiger partial charge on any atom is -0.458 e. The molecule has 0 saturated carbocycles. The summed E-state index contributed by atoms with van der Waals surface area (Å²) in [6, 6.07) is -9.34. The number of aliphatic hydroxyl groups is 1. The number of esters is 1. The molecule has 13 atom stereocenters. The van der Waals surface area contributed by atoms with Crippen LogP contribution in [0.5, 0.6) is 0 Å². The second-order valence-corrected chi connectivity index (χ2v) is 27.5. The van der Waals surface area contributed by atoms with Crippen molar-refractivity contribution < 1.29 is 106 Å². The molecular formula is C72H105N21O22. The van der Waals surface area contributed by atoms with Crippen molar-refractivity contribution in [1.82, 2.24) is 74.1 Å². The zero-order valence-electron chi connectivity index (χ0n) is 64.1. The van der Waals surface area contributed by atoms with Crippen molar-refractivity contribution in [3.8, 4) is 0 Å². The van der Waals surface area contributed by atoms with Crippen LogP contribution in [0.25, 0.3) is 10.9 Å². The molecule has 4 rings (SSSR count). The standard InChI is InChI=1S/C72H105N21O22/c1-5-6-7-8-9-10-11-22-57(101)85-44(25-38-31-80-42-20-15-13-17-39(38)42)66(108)89-47(29-55(78)99)67(109)90-48(30-56(79)100)68(110)93-61-37(4)115-72(114)49(26-51(95)40-18-12-14-19-41(40)74)91-71(113)60(35(2)24-52(75)96)92-69(111)50(34-94)86-59(103)32-81-63(105)45(27-53(76)97)87-62(104)36(3)83-65(107)46(28-54(77)98)88-64(106)43(21-16-23-73)84-58(102)33-82-70(61)112/h12-15,17-20,31,35-37,43-50,60-61,80,94H,5-11,16,21-30,32-34,73-74H2,1-4H3,(H2,75,96)(H2,76,97)(H2,77,98)(H2,78,99)(H2,79,100)(H,81,105)(H,82,112)(H,83,107)(H,84,102)(H,85,101)(H,86,103)(H,87,104)(H,88,106)(H,89,108)(H,90,109)(H,91,113)(H,92,111)(H,93,110)/t35-,36-,37-,43+,44+,45+,46+,47-,48+,49+,50-,60+,61+/m1/s1. The number of hydrogen-bond donors (Lipinski definition) is 22. The van der Waals surface area contributed by atoms with Gasteiger partial charge in [0, 0.05) is 54.0 Å². The summed E-state index contributed by atoms with van der Waals surface area (Å²) < 4.78 is 5.74. The van der Waals surface area contributed by atoms with Crippen molar-refractivity contribution in [1.29, 1.82) is 0 Å². The number of nitrogens with two attached hydrogens (primary N) is 7. The third-order valence-electron chi connectivity index (χ3n) is 18.0. The first-order valence-corrected chi connectivity index (χ1v) is 37.1. The Hall–Kier alpha value is -12.7. The minimum atomic E-state index is -2.38. The van der Waals surface area contributed by atoms with Crippen LogP contribution in [0.2, 0.25) is 0 Å². The number of rotatable bonds is 35. The highest BCUT2D eigenvalue weighted by Gasteiger charge is 2.41. The molecular weight excluding hydrogens is 1510 g/mol. The number of aliphatic hydroxyl groups excluding tert-OH is 1. The van der Waals surface area contributed by atoms with Crippen molar-refractivity contribution in [2.75, 3.05) is 32.0 Å². The number of H-pyrrole nitrogens is 1. The van der Waals surface area contributed by atoms with Crippen molar-refractivity contribution in [3.05, 3.63) is 65.9 Å². The number of benzene rings is 2. The lowest BCUT2D eigenvalue weighted by Crippen LogP contribution is -2.62. The largest absolute Gasteiger partial charge is 0.458 e. The Morgan fingerprint density at radius 1 is 0.530 bits per heavy atom. The molecule has 0 spiro atoms. The molecule has 18 amide bonds. The van der Waals surface area contributed by atoms with Crippen LogP contribution in [0.4, 0.5) is 5.69 Å². The van der Waals surface area contributed by atoms with Gasteiger partial charge in [0.15, 0.2) is 5.78 Å². The van der Waals surface area contributed by atoms with E-state index < -0.39 is 255 Å². The van der Waals surface area contributed by atoms with Crippen LogP contribution in [0.1, 0.15) is 146 Å². The van der Waals surface area contributed by atoms with Crippen molar-refractivity contribution >= 4 is 135 Å². The van der Waals surface area contributed by atoms with Gasteiger partial charge in [0.05, 0.1) is 45.4 Å². The molecule has 2 heterocycles. The Morgan fingerprint density at radius 2 is 1.05 bits per heavy atom. The van der Waals surface area contributed by atoms with Crippen LogP contribution in [0.3, 0.4) is 0 Å². The molecule has 43 nitrogen and oxygen atoms in total. The number of unbranched alkanes of at least 4 members (excludes halogenated alkanes) is 6. The maximum atomic E-state index is 14.9. The first kappa shape index (κ1) is 94.7. The number of carbonyl (C=O) groups is 20. The maximum absolute atomic E-state index is 14.9. The SMILES string of the molecule is CCCCCCCCCC(=O)N[C@@H](Cc1c[nH]c2ccccc12)C(=O)N[C@H](CC(N)=O)C(=O)N[C@@H](CC(N)=O)C(=O)N[C@@H]1C(=O)NCC(=O)N[C@@H](CCCN)C(=O)N[C@@H](CC(N)=O)C(=O)N[C@H](C)C(=O)N[C@@H](CC(N)=O)C(=O)NCC(=O)N[C@H](CO)C(=O)N[C@@H]([C@H](C)CC(N)=O)C(=O)N[C@@H](CC(=O)c2ccccc2N)C(=O)O[C@@H]1C. The third-order valence-corrected chi connectivity index (χ3v) is 18.0. The topological polar surface area (TPSA) is 725 Å². The van der Waals surface area contributed by atoms with E-state index >= 15 is 0 Å². The number of nitrogens with one attached hydrogen (secondary N) is 14. The molecule has 3 aromatic rings. The molecule has 115 heavy (non-hydrogen) atoms. The molecule has 1 aromatic heterocycles. The summed E-state index contributed by atoms with van der Waals surface area (Å²) in [6.45, 7) is 1.58. The van der Waals surface area contributed by atoms with E-state index in [0.717, 1.165) is 46.0 Å². The summed E-state index contributed by atoms with van der Waals surface area (Å²) in [6.07, 6.45) is -0.917. The lowest BCUT2D eigenvalue weighted by molar-refractivity contribution is -0.156. The third kappa shape index (κ3) is 32.5. The second-order valence-electron chi connectivity index (χ2n) is 27.5. The van der Waals surface area contributed by atoms with Crippen LogP contribution in [0, 0.1) is 5.92 Å². The molecule has 630 valence electrons. The van der Waals surface area contributed by atoms with Crippen LogP contribution in [-0.2, 0) is 102 Å². The highest BCUT2D eigenvalue weighted by atomic mass is 16.5. The second kappa shape index (κ2) is 47.6. The van der Waals surface area contributed by atoms with Crippen molar-refractivity contribution in [2.24, 2.45) is 40.3 Å². The van der Waals surface area contributed by atoms with E-state index in [-0.39, 0.29) is 43.5 Å². The number of para-hydroxylation sites is 2. The molecule has 0 radical (unpaired) electrons. The van der Waals surface area contributed by atoms with Crippen molar-refractivity contribution in [3.63, 3.8) is 0 Å². The predicted octanol–water partition coefficient (Wildman–Crippen LogP) is -8.02. The molecule has 0 bridgehead atoms. The van der Waals surface area contributed by atoms with Crippen LogP contribution in [-0.4, -0.2) is 227 Å². The highest BCUT2D eigenvalue weighted by Crippen LogP contribution is 2.21. The molecule has 1 fully saturated rings. The van der Waals surface area contributed by atoms with E-state index in [0.29, 0.717) is 29.3 Å². The molecule has 1 aliphatic rings. The number of aromatic amines is 1. The number of aromatic nitrogens is 1. The van der Waals surface area contributed by atoms with E-state index in [1.54, 1.807) is 30.5 Å². The summed E-state index contributed by atoms with van der Waals surface area (Å²) in [7, 11) is 0. The maximum Gasteiger partial charge on any atom is 0.329 e. The van der Waals surface area contributed by atoms with Gasteiger partial charge in [-0.05, 0) is 69.3 Å². The number of primary amides is 5. The van der Waals surface area contributed by atoms with Gasteiger partial charge in [-0.3, -0.25) is 91.1 Å². The normalized spacial score (nSPS) is 21.2. The molecule has 2 aromatic carbocycles. The fraction of sp³-hybridized carbons (Fsp3) is 0.528. The molecule has 29 N–H and O–H groups in total. The number of nitrogen functional groups attached to an aromatic ring is 1. The van der Waals surface area contributed by atoms with Crippen molar-refractivity contribution in [2.45, 2.75) is 209 Å². The van der Waals surface area contributed by atoms with Gasteiger partial charge in [0.1, 0.15) is 72.6 Å². The summed E-state index contributed by atoms with van der Waals surface area (Å²) in [5.74, 6) is -26.4. The number of cyclic esters (lactones) is 1. The van der Waals surface area contributed by atoms with Gasteiger partial charge in [-0.15, -0.1) is 0 Å². The average molecular weight is 1620 g/mol. The summed E-state index contributed by atoms with van der Waals surface area (Å²) >= 11 is 0. The monoisotopic (exact) mass is 1620 g/mol. The quantitative estimate of drug-likeness (QED) is 0.0113. The van der Waals surface area contributed by atoms with E-state index in [4.69, 9.17) is 44.9 Å². The van der Waals surface area contributed by atoms with E-state index in [9.17, 15) is 101 Å². The Bertz CT molecular complexity index is 4040. The van der Waals surface area contributed by atoms with E-state index in [2.05, 4.69) is 81.0 Å². The Kier molecular flexibility index (Phi) is 39.2. The highest BCUT2D eigenvalue weighted by molar-refractivity contribution is 6.05. The number of Topliss-reactive ketones (excluding diaryl/α,β-unsaturated/α-hetero) is 1. The summed E-state index contributed by atoms with van der Waals surface area (Å²) in [4.78, 5) is 278. The molecule has 0 unspecified atom stereocenters. The van der Waals surface area contributed by atoms with E-state index in [1.165, 1.54) is 31.2 Å². The Morgan fingerprint density at radius 3 is 1.64 bits per heavy atom. The van der Waals surface area contributed by atoms with Gasteiger partial charge >= 0.3 is 5.97 Å².